The first-order valence-electron chi connectivity index (χ1n) is 11.3. The lowest BCUT2D eigenvalue weighted by atomic mass is 9.42. The minimum absolute atomic E-state index is 0.00634. The Morgan fingerprint density at radius 3 is 2.53 bits per heavy atom. The van der Waals surface area contributed by atoms with Crippen LogP contribution >= 0.6 is 11.6 Å². The number of hydrogen-bond donors (Lipinski definition) is 3. The van der Waals surface area contributed by atoms with Crippen molar-refractivity contribution in [2.24, 2.45) is 28.6 Å². The zero-order valence-electron chi connectivity index (χ0n) is 17.4. The van der Waals surface area contributed by atoms with Gasteiger partial charge in [0.1, 0.15) is 6.61 Å². The molecule has 0 saturated heterocycles. The molecule has 1 heterocycles. The molecule has 0 amide bonds. The maximum Gasteiger partial charge on any atom is 0.331 e. The van der Waals surface area contributed by atoms with Crippen molar-refractivity contribution in [3.63, 3.8) is 0 Å². The van der Waals surface area contributed by atoms with E-state index in [1.54, 1.807) is 6.08 Å². The molecule has 0 radical (unpaired) electrons. The van der Waals surface area contributed by atoms with E-state index in [9.17, 15) is 24.9 Å². The molecular weight excluding hydrogens is 408 g/mol. The molecule has 3 N–H and O–H groups in total. The van der Waals surface area contributed by atoms with Crippen LogP contribution < -0.4 is 0 Å². The standard InChI is InChI=1S/C23H31ClO6/c1-20-6-3-16-17(23(20,24)9-5-15(20)13-10-18(26)30-12-13)4-7-21(29)11-14(25)2-8-22(16,21)19(27)28/h10,14-17,25,29H,2-9,11-12H2,1H3,(H,27,28)/t14-,15+,16-,17+,20-,21+,22+,23-/m1/s1. The highest BCUT2D eigenvalue weighted by atomic mass is 35.5. The second kappa shape index (κ2) is 6.46. The van der Waals surface area contributed by atoms with E-state index in [0.29, 0.717) is 38.7 Å². The third-order valence-electron chi connectivity index (χ3n) is 9.85. The minimum atomic E-state index is -1.38. The third kappa shape index (κ3) is 2.39. The van der Waals surface area contributed by atoms with Crippen molar-refractivity contribution >= 4 is 23.5 Å². The molecule has 4 aliphatic carbocycles. The van der Waals surface area contributed by atoms with Crippen molar-refractivity contribution in [1.82, 2.24) is 0 Å². The number of aliphatic carboxylic acids is 1. The lowest BCUT2D eigenvalue weighted by molar-refractivity contribution is -0.232. The van der Waals surface area contributed by atoms with Crippen LogP contribution in [0.15, 0.2) is 11.6 Å². The fraction of sp³-hybridized carbons (Fsp3) is 0.826. The van der Waals surface area contributed by atoms with Crippen molar-refractivity contribution in [2.75, 3.05) is 6.61 Å². The lowest BCUT2D eigenvalue weighted by Gasteiger charge is -2.65. The Morgan fingerprint density at radius 2 is 1.87 bits per heavy atom. The van der Waals surface area contributed by atoms with Crippen molar-refractivity contribution < 1.29 is 29.6 Å². The van der Waals surface area contributed by atoms with E-state index in [4.69, 9.17) is 16.3 Å². The van der Waals surface area contributed by atoms with Crippen molar-refractivity contribution in [3.05, 3.63) is 11.6 Å². The van der Waals surface area contributed by atoms with Gasteiger partial charge in [-0.1, -0.05) is 6.92 Å². The predicted molar refractivity (Wildman–Crippen MR) is 109 cm³/mol. The van der Waals surface area contributed by atoms with Crippen molar-refractivity contribution in [2.45, 2.75) is 81.3 Å². The molecule has 4 saturated carbocycles. The van der Waals surface area contributed by atoms with E-state index in [2.05, 4.69) is 6.92 Å². The van der Waals surface area contributed by atoms with Crippen LogP contribution in [-0.4, -0.2) is 50.4 Å². The maximum absolute atomic E-state index is 12.7. The zero-order chi connectivity index (χ0) is 21.5. The third-order valence-corrected chi connectivity index (χ3v) is 10.8. The molecule has 1 aliphatic heterocycles. The zero-order valence-corrected chi connectivity index (χ0v) is 18.2. The monoisotopic (exact) mass is 438 g/mol. The summed E-state index contributed by atoms with van der Waals surface area (Å²) in [5.74, 6) is -1.28. The molecule has 0 aromatic heterocycles. The summed E-state index contributed by atoms with van der Waals surface area (Å²) in [5, 5.41) is 32.1. The highest BCUT2D eigenvalue weighted by Crippen LogP contribution is 2.72. The predicted octanol–water partition coefficient (Wildman–Crippen LogP) is 3.03. The van der Waals surface area contributed by atoms with Gasteiger partial charge in [-0.3, -0.25) is 4.79 Å². The Labute approximate surface area is 181 Å². The van der Waals surface area contributed by atoms with E-state index in [1.807, 2.05) is 0 Å². The van der Waals surface area contributed by atoms with Crippen LogP contribution in [0.5, 0.6) is 0 Å². The maximum atomic E-state index is 12.7. The molecule has 166 valence electrons. The molecule has 6 nitrogen and oxygen atoms in total. The van der Waals surface area contributed by atoms with Gasteiger partial charge in [0.25, 0.3) is 0 Å². The molecule has 0 spiro atoms. The van der Waals surface area contributed by atoms with Gasteiger partial charge in [-0.05, 0) is 80.1 Å². The number of aliphatic hydroxyl groups excluding tert-OH is 1. The van der Waals surface area contributed by atoms with Gasteiger partial charge in [0.05, 0.1) is 22.0 Å². The van der Waals surface area contributed by atoms with Crippen LogP contribution in [0.3, 0.4) is 0 Å². The Balaban J connectivity index is 1.54. The Bertz CT molecular complexity index is 827. The topological polar surface area (TPSA) is 104 Å². The summed E-state index contributed by atoms with van der Waals surface area (Å²) in [7, 11) is 0. The van der Waals surface area contributed by atoms with Gasteiger partial charge in [0.2, 0.25) is 0 Å². The van der Waals surface area contributed by atoms with E-state index < -0.39 is 28.0 Å². The first-order valence-corrected chi connectivity index (χ1v) is 11.7. The second-order valence-corrected chi connectivity index (χ2v) is 11.4. The largest absolute Gasteiger partial charge is 0.481 e. The number of rotatable bonds is 2. The summed E-state index contributed by atoms with van der Waals surface area (Å²) in [6.07, 6.45) is 5.92. The Hall–Kier alpha value is -1.11. The number of halogens is 1. The number of alkyl halides is 1. The van der Waals surface area contributed by atoms with Crippen LogP contribution in [-0.2, 0) is 14.3 Å². The Kier molecular flexibility index (Phi) is 4.47. The highest BCUT2D eigenvalue weighted by Gasteiger charge is 2.73. The van der Waals surface area contributed by atoms with Crippen molar-refractivity contribution in [3.8, 4) is 0 Å². The molecule has 5 rings (SSSR count). The van der Waals surface area contributed by atoms with Gasteiger partial charge >= 0.3 is 11.9 Å². The number of cyclic esters (lactones) is 1. The van der Waals surface area contributed by atoms with E-state index in [1.165, 1.54) is 0 Å². The van der Waals surface area contributed by atoms with Crippen LogP contribution in [0.25, 0.3) is 0 Å². The molecule has 5 aliphatic rings. The lowest BCUT2D eigenvalue weighted by Crippen LogP contribution is -2.69. The average molecular weight is 439 g/mol. The van der Waals surface area contributed by atoms with Gasteiger partial charge < -0.3 is 20.1 Å². The van der Waals surface area contributed by atoms with Crippen molar-refractivity contribution in [1.29, 1.82) is 0 Å². The van der Waals surface area contributed by atoms with Gasteiger partial charge in [-0.15, -0.1) is 11.6 Å². The fourth-order valence-electron chi connectivity index (χ4n) is 8.43. The fourth-order valence-corrected chi connectivity index (χ4v) is 9.03. The molecule has 0 bridgehead atoms. The SMILES string of the molecule is C[C@]12CC[C@@H]3[C@H](CC[C@]4(O)C[C@H](O)CC[C@@]34C(=O)O)[C@]1(Cl)CC[C@H]2C1=CC(=O)OC1. The first kappa shape index (κ1) is 20.8. The molecule has 4 fully saturated rings. The first-order chi connectivity index (χ1) is 14.1. The minimum Gasteiger partial charge on any atom is -0.481 e. The summed E-state index contributed by atoms with van der Waals surface area (Å²) in [5.41, 5.74) is -1.85. The number of carboxylic acid groups (broad SMARTS) is 1. The molecule has 0 aromatic rings. The summed E-state index contributed by atoms with van der Waals surface area (Å²) < 4.78 is 5.17. The Morgan fingerprint density at radius 1 is 1.13 bits per heavy atom. The number of carbonyl (C=O) groups is 2. The van der Waals surface area contributed by atoms with Crippen LogP contribution in [0.2, 0.25) is 0 Å². The smallest absolute Gasteiger partial charge is 0.331 e. The van der Waals surface area contributed by atoms with Crippen LogP contribution in [0.4, 0.5) is 0 Å². The van der Waals surface area contributed by atoms with Crippen LogP contribution in [0, 0.1) is 28.6 Å². The number of esters is 1. The second-order valence-electron chi connectivity index (χ2n) is 10.7. The molecule has 8 atom stereocenters. The molecule has 7 heteroatoms. The van der Waals surface area contributed by atoms with Gasteiger partial charge in [0.15, 0.2) is 0 Å². The van der Waals surface area contributed by atoms with Gasteiger partial charge in [0, 0.05) is 12.5 Å². The van der Waals surface area contributed by atoms with E-state index in [0.717, 1.165) is 24.8 Å². The highest BCUT2D eigenvalue weighted by molar-refractivity contribution is 6.25. The average Bonchev–Trinajstić information content (AvgIpc) is 3.21. The number of ether oxygens (including phenoxy) is 1. The summed E-state index contributed by atoms with van der Waals surface area (Å²) >= 11 is 7.49. The summed E-state index contributed by atoms with van der Waals surface area (Å²) in [4.78, 5) is 23.8. The summed E-state index contributed by atoms with van der Waals surface area (Å²) in [6, 6.07) is 0. The van der Waals surface area contributed by atoms with E-state index in [-0.39, 0.29) is 35.6 Å². The van der Waals surface area contributed by atoms with Crippen LogP contribution in [0.1, 0.15) is 64.7 Å². The quantitative estimate of drug-likeness (QED) is 0.452. The number of carbonyl (C=O) groups excluding carboxylic acids is 1. The number of fused-ring (bicyclic) bond motifs is 5. The molecule has 30 heavy (non-hydrogen) atoms. The molecular formula is C23H31ClO6. The van der Waals surface area contributed by atoms with E-state index >= 15 is 0 Å². The number of aliphatic hydroxyl groups is 2. The van der Waals surface area contributed by atoms with Gasteiger partial charge in [-0.2, -0.15) is 0 Å². The van der Waals surface area contributed by atoms with Gasteiger partial charge in [-0.25, -0.2) is 4.79 Å². The summed E-state index contributed by atoms with van der Waals surface area (Å²) in [6.45, 7) is 2.53. The number of carboxylic acids is 1. The molecule has 0 aromatic carbocycles. The normalized spacial score (nSPS) is 52.7. The molecule has 0 unspecified atom stereocenters. The number of hydrogen-bond acceptors (Lipinski definition) is 5.